The van der Waals surface area contributed by atoms with Crippen molar-refractivity contribution in [2.75, 3.05) is 5.75 Å². The Morgan fingerprint density at radius 3 is 2.58 bits per heavy atom. The Labute approximate surface area is 148 Å². The molecule has 122 valence electrons. The summed E-state index contributed by atoms with van der Waals surface area (Å²) < 4.78 is 2.04. The van der Waals surface area contributed by atoms with Gasteiger partial charge in [0.05, 0.1) is 16.0 Å². The number of fused-ring (bicyclic) bond motifs is 1. The van der Waals surface area contributed by atoms with Crippen LogP contribution in [-0.2, 0) is 11.3 Å². The molecule has 0 spiro atoms. The molecule has 0 radical (unpaired) electrons. The summed E-state index contributed by atoms with van der Waals surface area (Å²) >= 11 is 3.07. The van der Waals surface area contributed by atoms with Gasteiger partial charge in [0.1, 0.15) is 0 Å². The van der Waals surface area contributed by atoms with E-state index >= 15 is 0 Å². The van der Waals surface area contributed by atoms with Crippen molar-refractivity contribution in [2.24, 2.45) is 0 Å². The summed E-state index contributed by atoms with van der Waals surface area (Å²) in [5.41, 5.74) is 2.62. The van der Waals surface area contributed by atoms with Crippen molar-refractivity contribution in [3.63, 3.8) is 0 Å². The van der Waals surface area contributed by atoms with E-state index in [0.717, 1.165) is 20.1 Å². The first-order valence-electron chi connectivity index (χ1n) is 7.47. The van der Waals surface area contributed by atoms with Crippen molar-refractivity contribution in [3.8, 4) is 0 Å². The monoisotopic (exact) mass is 356 g/mol. The second-order valence-corrected chi connectivity index (χ2v) is 7.52. The normalized spacial score (nSPS) is 10.7. The molecular weight excluding hydrogens is 340 g/mol. The molecule has 0 bridgehead atoms. The summed E-state index contributed by atoms with van der Waals surface area (Å²) in [6, 6.07) is 15.3. The second-order valence-electron chi connectivity index (χ2n) is 5.27. The highest BCUT2D eigenvalue weighted by molar-refractivity contribution is 8.01. The number of nitrogens with zero attached hydrogens (tertiary/aromatic N) is 1. The maximum Gasteiger partial charge on any atom is 0.217 e. The minimum Gasteiger partial charge on any atom is -0.352 e. The highest BCUT2D eigenvalue weighted by Crippen LogP contribution is 2.29. The standard InChI is InChI=1S/C18H16N2O2S2/c1-12(21)19-10-13-6-8-14(9-7-13)16(22)11-23-18-20-15-4-2-3-5-17(15)24-18/h2-9H,10-11H2,1H3,(H,19,21). The molecule has 3 rings (SSSR count). The first-order valence-corrected chi connectivity index (χ1v) is 9.27. The van der Waals surface area contributed by atoms with Gasteiger partial charge in [-0.25, -0.2) is 4.98 Å². The van der Waals surface area contributed by atoms with Gasteiger partial charge in [0.2, 0.25) is 5.91 Å². The molecule has 1 amide bonds. The number of rotatable bonds is 6. The maximum absolute atomic E-state index is 12.3. The number of Topliss-reactive ketones (excluding diaryl/α,β-unsaturated/α-hetero) is 1. The lowest BCUT2D eigenvalue weighted by Gasteiger charge is -2.04. The van der Waals surface area contributed by atoms with Crippen molar-refractivity contribution in [3.05, 3.63) is 59.7 Å². The molecule has 2 aromatic carbocycles. The summed E-state index contributed by atoms with van der Waals surface area (Å²) in [7, 11) is 0. The number of ketones is 1. The number of aromatic nitrogens is 1. The number of para-hydroxylation sites is 1. The Bertz CT molecular complexity index is 839. The number of nitrogens with one attached hydrogen (secondary N) is 1. The third-order valence-electron chi connectivity index (χ3n) is 3.42. The number of amides is 1. The van der Waals surface area contributed by atoms with Crippen LogP contribution in [0.2, 0.25) is 0 Å². The van der Waals surface area contributed by atoms with Gasteiger partial charge in [-0.05, 0) is 17.7 Å². The molecule has 0 aliphatic heterocycles. The molecule has 24 heavy (non-hydrogen) atoms. The molecule has 0 atom stereocenters. The minimum absolute atomic E-state index is 0.0672. The molecule has 1 N–H and O–H groups in total. The van der Waals surface area contributed by atoms with E-state index in [2.05, 4.69) is 10.3 Å². The molecule has 6 heteroatoms. The van der Waals surface area contributed by atoms with E-state index in [1.165, 1.54) is 18.7 Å². The number of thiazole rings is 1. The van der Waals surface area contributed by atoms with Gasteiger partial charge in [-0.1, -0.05) is 48.2 Å². The van der Waals surface area contributed by atoms with Crippen molar-refractivity contribution in [1.82, 2.24) is 10.3 Å². The fraction of sp³-hybridized carbons (Fsp3) is 0.167. The van der Waals surface area contributed by atoms with Crippen LogP contribution in [0.3, 0.4) is 0 Å². The molecule has 0 fully saturated rings. The first-order chi connectivity index (χ1) is 11.6. The molecule has 3 aromatic rings. The SMILES string of the molecule is CC(=O)NCc1ccc(C(=O)CSc2nc3ccccc3s2)cc1. The molecule has 0 aliphatic carbocycles. The average Bonchev–Trinajstić information content (AvgIpc) is 3.01. The third kappa shape index (κ3) is 4.21. The Balaban J connectivity index is 1.59. The highest BCUT2D eigenvalue weighted by atomic mass is 32.2. The highest BCUT2D eigenvalue weighted by Gasteiger charge is 2.10. The number of hydrogen-bond acceptors (Lipinski definition) is 5. The molecule has 1 aromatic heterocycles. The summed E-state index contributed by atoms with van der Waals surface area (Å²) in [6.45, 7) is 1.96. The summed E-state index contributed by atoms with van der Waals surface area (Å²) in [5.74, 6) is 0.373. The second kappa shape index (κ2) is 7.59. The fourth-order valence-corrected chi connectivity index (χ4v) is 4.12. The van der Waals surface area contributed by atoms with Gasteiger partial charge in [0.15, 0.2) is 10.1 Å². The largest absolute Gasteiger partial charge is 0.352 e. The van der Waals surface area contributed by atoms with Crippen molar-refractivity contribution >= 4 is 45.0 Å². The van der Waals surface area contributed by atoms with Gasteiger partial charge in [0, 0.05) is 19.0 Å². The average molecular weight is 356 g/mol. The predicted octanol–water partition coefficient (Wildman–Crippen LogP) is 3.91. The van der Waals surface area contributed by atoms with Crippen LogP contribution in [0.25, 0.3) is 10.2 Å². The number of carbonyl (C=O) groups excluding carboxylic acids is 2. The molecule has 0 aliphatic rings. The van der Waals surface area contributed by atoms with Gasteiger partial charge in [0.25, 0.3) is 0 Å². The number of carbonyl (C=O) groups is 2. The van der Waals surface area contributed by atoms with Gasteiger partial charge >= 0.3 is 0 Å². The lowest BCUT2D eigenvalue weighted by Crippen LogP contribution is -2.18. The van der Waals surface area contributed by atoms with Crippen LogP contribution < -0.4 is 5.32 Å². The fourth-order valence-electron chi connectivity index (χ4n) is 2.16. The van der Waals surface area contributed by atoms with Gasteiger partial charge in [-0.2, -0.15) is 0 Å². The smallest absolute Gasteiger partial charge is 0.217 e. The van der Waals surface area contributed by atoms with Crippen LogP contribution in [-0.4, -0.2) is 22.4 Å². The maximum atomic E-state index is 12.3. The summed E-state index contributed by atoms with van der Waals surface area (Å²) in [6.07, 6.45) is 0. The number of hydrogen-bond donors (Lipinski definition) is 1. The third-order valence-corrected chi connectivity index (χ3v) is 5.60. The lowest BCUT2D eigenvalue weighted by atomic mass is 10.1. The van der Waals surface area contributed by atoms with Crippen LogP contribution in [0.4, 0.5) is 0 Å². The zero-order valence-corrected chi connectivity index (χ0v) is 14.7. The first kappa shape index (κ1) is 16.7. The molecule has 0 saturated heterocycles. The Hall–Kier alpha value is -2.18. The van der Waals surface area contributed by atoms with Gasteiger partial charge < -0.3 is 5.32 Å². The predicted molar refractivity (Wildman–Crippen MR) is 98.6 cm³/mol. The van der Waals surface area contributed by atoms with E-state index in [1.54, 1.807) is 23.5 Å². The van der Waals surface area contributed by atoms with Gasteiger partial charge in [-0.3, -0.25) is 9.59 Å². The quantitative estimate of drug-likeness (QED) is 0.537. The van der Waals surface area contributed by atoms with Crippen LogP contribution in [0.5, 0.6) is 0 Å². The molecule has 4 nitrogen and oxygen atoms in total. The summed E-state index contributed by atoms with van der Waals surface area (Å²) in [5, 5.41) is 2.73. The van der Waals surface area contributed by atoms with E-state index in [4.69, 9.17) is 0 Å². The Morgan fingerprint density at radius 1 is 1.12 bits per heavy atom. The molecule has 0 unspecified atom stereocenters. The molecular formula is C18H16N2O2S2. The van der Waals surface area contributed by atoms with Crippen LogP contribution in [0.1, 0.15) is 22.8 Å². The minimum atomic E-state index is -0.0672. The molecule has 1 heterocycles. The van der Waals surface area contributed by atoms with Crippen molar-refractivity contribution in [1.29, 1.82) is 0 Å². The Morgan fingerprint density at radius 2 is 1.88 bits per heavy atom. The van der Waals surface area contributed by atoms with E-state index < -0.39 is 0 Å². The van der Waals surface area contributed by atoms with E-state index in [1.807, 2.05) is 36.4 Å². The zero-order valence-electron chi connectivity index (χ0n) is 13.1. The number of benzene rings is 2. The van der Waals surface area contributed by atoms with Crippen LogP contribution >= 0.6 is 23.1 Å². The van der Waals surface area contributed by atoms with E-state index in [9.17, 15) is 9.59 Å². The summed E-state index contributed by atoms with van der Waals surface area (Å²) in [4.78, 5) is 27.7. The van der Waals surface area contributed by atoms with Crippen LogP contribution in [0, 0.1) is 0 Å². The Kier molecular flexibility index (Phi) is 5.27. The van der Waals surface area contributed by atoms with E-state index in [-0.39, 0.29) is 11.7 Å². The van der Waals surface area contributed by atoms with Crippen LogP contribution in [0.15, 0.2) is 52.9 Å². The van der Waals surface area contributed by atoms with Gasteiger partial charge in [-0.15, -0.1) is 11.3 Å². The molecule has 0 saturated carbocycles. The van der Waals surface area contributed by atoms with Crippen molar-refractivity contribution < 1.29 is 9.59 Å². The lowest BCUT2D eigenvalue weighted by molar-refractivity contribution is -0.119. The van der Waals surface area contributed by atoms with E-state index in [0.29, 0.717) is 17.9 Å². The zero-order chi connectivity index (χ0) is 16.9. The van der Waals surface area contributed by atoms with Crippen molar-refractivity contribution in [2.45, 2.75) is 17.8 Å². The topological polar surface area (TPSA) is 59.1 Å². The number of thioether (sulfide) groups is 1.